The van der Waals surface area contributed by atoms with Crippen LogP contribution in [0, 0.1) is 0 Å². The second-order valence-corrected chi connectivity index (χ2v) is 4.27. The van der Waals surface area contributed by atoms with E-state index in [0.717, 1.165) is 21.4 Å². The number of Topliss-reactive ketones (excluding diaryl/α,β-unsaturated/α-hetero) is 1. The summed E-state index contributed by atoms with van der Waals surface area (Å²) in [5.74, 6) is 0.383. The molecule has 0 N–H and O–H groups in total. The highest BCUT2D eigenvalue weighted by Gasteiger charge is 1.96. The van der Waals surface area contributed by atoms with Crippen molar-refractivity contribution in [3.8, 4) is 0 Å². The lowest BCUT2D eigenvalue weighted by Crippen LogP contribution is -1.97. The van der Waals surface area contributed by atoms with Crippen molar-refractivity contribution in [2.24, 2.45) is 0 Å². The number of rotatable bonds is 7. The summed E-state index contributed by atoms with van der Waals surface area (Å²) in [4.78, 5) is 10.8. The van der Waals surface area contributed by atoms with E-state index in [2.05, 4.69) is 15.9 Å². The van der Waals surface area contributed by atoms with Crippen LogP contribution in [0.3, 0.4) is 0 Å². The summed E-state index contributed by atoms with van der Waals surface area (Å²) in [5.41, 5.74) is 0. The molecule has 0 saturated carbocycles. The zero-order chi connectivity index (χ0) is 8.53. The molecule has 0 aliphatic rings. The maximum Gasteiger partial charge on any atom is 0.136 e. The molecule has 0 bridgehead atoms. The number of hydrogen-bond acceptors (Lipinski definition) is 1. The highest BCUT2D eigenvalue weighted by Crippen LogP contribution is 2.09. The van der Waals surface area contributed by atoms with Crippen molar-refractivity contribution in [1.82, 2.24) is 0 Å². The number of ketones is 1. The van der Waals surface area contributed by atoms with Crippen molar-refractivity contribution in [2.75, 3.05) is 19.0 Å². The maximum atomic E-state index is 10.8. The average molecular weight is 192 g/mol. The van der Waals surface area contributed by atoms with E-state index in [1.165, 1.54) is 19.0 Å². The van der Waals surface area contributed by atoms with Crippen LogP contribution in [0.5, 0.6) is 0 Å². The molecule has 0 amide bonds. The first kappa shape index (κ1) is 11.5. The van der Waals surface area contributed by atoms with E-state index in [1.54, 1.807) is 0 Å². The van der Waals surface area contributed by atoms with E-state index in [4.69, 9.17) is 0 Å². The van der Waals surface area contributed by atoms with Gasteiger partial charge in [-0.15, -0.1) is 17.8 Å². The molecule has 0 aromatic rings. The Balaban J connectivity index is 2.95. The molecule has 0 aromatic carbocycles. The van der Waals surface area contributed by atoms with Crippen LogP contribution in [0.1, 0.15) is 25.7 Å². The summed E-state index contributed by atoms with van der Waals surface area (Å²) < 4.78 is 0. The van der Waals surface area contributed by atoms with Crippen LogP contribution in [-0.2, 0) is 4.79 Å². The van der Waals surface area contributed by atoms with Crippen LogP contribution >= 0.6 is 17.8 Å². The van der Waals surface area contributed by atoms with Gasteiger partial charge in [0.05, 0.1) is 0 Å². The molecule has 0 aromatic heterocycles. The molecule has 0 aliphatic heterocycles. The summed E-state index contributed by atoms with van der Waals surface area (Å²) in [5, 5.41) is 0. The summed E-state index contributed by atoms with van der Waals surface area (Å²) in [6.45, 7) is 2.23. The molecule has 0 rings (SSSR count). The van der Waals surface area contributed by atoms with Gasteiger partial charge in [0.25, 0.3) is 0 Å². The van der Waals surface area contributed by atoms with Gasteiger partial charge in [-0.2, -0.15) is 0 Å². The largest absolute Gasteiger partial charge is 0.299 e. The van der Waals surface area contributed by atoms with Crippen molar-refractivity contribution in [1.29, 1.82) is 0 Å². The van der Waals surface area contributed by atoms with Gasteiger partial charge >= 0.3 is 0 Å². The van der Waals surface area contributed by atoms with Gasteiger partial charge in [-0.05, 0) is 25.7 Å². The number of carbonyl (C=O) groups is 1. The Labute approximate surface area is 73.7 Å². The van der Waals surface area contributed by atoms with Crippen molar-refractivity contribution < 1.29 is 4.79 Å². The molecular formula is C8H18OP2. The zero-order valence-corrected chi connectivity index (χ0v) is 9.38. The molecule has 0 radical (unpaired) electrons. The van der Waals surface area contributed by atoms with E-state index in [1.807, 2.05) is 0 Å². The topological polar surface area (TPSA) is 17.1 Å². The standard InChI is InChI=1S/C8H18OP2/c1-11-6-4-2-3-5-8(9)7-10/h11H,2-7,10H2,1H3. The van der Waals surface area contributed by atoms with Gasteiger partial charge in [0.2, 0.25) is 0 Å². The van der Waals surface area contributed by atoms with Gasteiger partial charge in [0.1, 0.15) is 5.78 Å². The number of hydrogen-bond donors (Lipinski definition) is 0. The minimum atomic E-state index is 0.383. The monoisotopic (exact) mass is 192 g/mol. The van der Waals surface area contributed by atoms with Gasteiger partial charge < -0.3 is 0 Å². The molecule has 0 saturated heterocycles. The lowest BCUT2D eigenvalue weighted by atomic mass is 10.1. The van der Waals surface area contributed by atoms with Gasteiger partial charge in [-0.3, -0.25) is 4.79 Å². The second kappa shape index (κ2) is 8.62. The Morgan fingerprint density at radius 2 is 2.09 bits per heavy atom. The normalized spacial score (nSPS) is 11.1. The van der Waals surface area contributed by atoms with E-state index >= 15 is 0 Å². The highest BCUT2D eigenvalue weighted by molar-refractivity contribution is 7.36. The third-order valence-electron chi connectivity index (χ3n) is 1.61. The SMILES string of the molecule is CPCCCCCC(=O)CP. The highest BCUT2D eigenvalue weighted by atomic mass is 31.1. The van der Waals surface area contributed by atoms with Crippen LogP contribution in [0.4, 0.5) is 0 Å². The van der Waals surface area contributed by atoms with Crippen LogP contribution in [0.2, 0.25) is 0 Å². The molecule has 11 heavy (non-hydrogen) atoms. The molecule has 66 valence electrons. The third kappa shape index (κ3) is 8.44. The Bertz CT molecular complexity index is 104. The molecule has 2 atom stereocenters. The van der Waals surface area contributed by atoms with Crippen LogP contribution in [0.15, 0.2) is 0 Å². The molecule has 1 nitrogen and oxygen atoms in total. The summed E-state index contributed by atoms with van der Waals surface area (Å²) in [6, 6.07) is 0. The first-order valence-corrected chi connectivity index (χ1v) is 6.70. The summed E-state index contributed by atoms with van der Waals surface area (Å²) in [7, 11) is 3.55. The van der Waals surface area contributed by atoms with E-state index < -0.39 is 0 Å². The first-order chi connectivity index (χ1) is 5.31. The third-order valence-corrected chi connectivity index (χ3v) is 2.92. The Kier molecular flexibility index (Phi) is 9.04. The van der Waals surface area contributed by atoms with Gasteiger partial charge in [0, 0.05) is 12.6 Å². The zero-order valence-electron chi connectivity index (χ0n) is 7.23. The molecule has 0 spiro atoms. The lowest BCUT2D eigenvalue weighted by Gasteiger charge is -1.97. The van der Waals surface area contributed by atoms with E-state index in [0.29, 0.717) is 11.9 Å². The van der Waals surface area contributed by atoms with Crippen LogP contribution in [0.25, 0.3) is 0 Å². The van der Waals surface area contributed by atoms with E-state index in [-0.39, 0.29) is 0 Å². The molecule has 2 unspecified atom stereocenters. The second-order valence-electron chi connectivity index (χ2n) is 2.66. The van der Waals surface area contributed by atoms with E-state index in [9.17, 15) is 4.79 Å². The maximum absolute atomic E-state index is 10.8. The van der Waals surface area contributed by atoms with Crippen molar-refractivity contribution >= 4 is 23.6 Å². The summed E-state index contributed by atoms with van der Waals surface area (Å²) >= 11 is 0. The van der Waals surface area contributed by atoms with Crippen LogP contribution in [-0.4, -0.2) is 24.8 Å². The lowest BCUT2D eigenvalue weighted by molar-refractivity contribution is -0.116. The van der Waals surface area contributed by atoms with Crippen LogP contribution < -0.4 is 0 Å². The molecule has 0 fully saturated rings. The molecule has 0 aliphatic carbocycles. The Hall–Kier alpha value is 0.530. The van der Waals surface area contributed by atoms with Crippen molar-refractivity contribution in [3.63, 3.8) is 0 Å². The summed E-state index contributed by atoms with van der Waals surface area (Å²) in [6.07, 6.45) is 6.40. The first-order valence-electron chi connectivity index (χ1n) is 4.17. The molecular weight excluding hydrogens is 174 g/mol. The predicted octanol–water partition coefficient (Wildman–Crippen LogP) is 2.30. The quantitative estimate of drug-likeness (QED) is 0.447. The predicted molar refractivity (Wildman–Crippen MR) is 57.2 cm³/mol. The minimum absolute atomic E-state index is 0.383. The van der Waals surface area contributed by atoms with Crippen molar-refractivity contribution in [2.45, 2.75) is 25.7 Å². The fraction of sp³-hybridized carbons (Fsp3) is 0.875. The van der Waals surface area contributed by atoms with Gasteiger partial charge in [-0.1, -0.05) is 6.42 Å². The Morgan fingerprint density at radius 3 is 2.64 bits per heavy atom. The molecule has 3 heteroatoms. The Morgan fingerprint density at radius 1 is 1.36 bits per heavy atom. The fourth-order valence-electron chi connectivity index (χ4n) is 0.903. The average Bonchev–Trinajstić information content (AvgIpc) is 2.04. The van der Waals surface area contributed by atoms with Gasteiger partial charge in [-0.25, -0.2) is 0 Å². The number of carbonyl (C=O) groups excluding carboxylic acids is 1. The smallest absolute Gasteiger partial charge is 0.136 e. The fourth-order valence-corrected chi connectivity index (χ4v) is 1.71. The van der Waals surface area contributed by atoms with Crippen molar-refractivity contribution in [3.05, 3.63) is 0 Å². The molecule has 0 heterocycles. The minimum Gasteiger partial charge on any atom is -0.299 e. The van der Waals surface area contributed by atoms with Gasteiger partial charge in [0.15, 0.2) is 0 Å². The number of unbranched alkanes of at least 4 members (excludes halogenated alkanes) is 2.